The van der Waals surface area contributed by atoms with E-state index in [4.69, 9.17) is 19.2 Å². The largest absolute Gasteiger partial charge is 0.381 e. The highest BCUT2D eigenvalue weighted by Crippen LogP contribution is 2.13. The van der Waals surface area contributed by atoms with E-state index in [-0.39, 0.29) is 24.0 Å². The number of morpholine rings is 1. The molecule has 0 aromatic carbocycles. The third-order valence-corrected chi connectivity index (χ3v) is 5.20. The predicted octanol–water partition coefficient (Wildman–Crippen LogP) is 2.10. The molecule has 2 aliphatic rings. The lowest BCUT2D eigenvalue weighted by Gasteiger charge is -2.36. The third kappa shape index (κ3) is 10.0. The summed E-state index contributed by atoms with van der Waals surface area (Å²) in [5.41, 5.74) is 0. The highest BCUT2D eigenvalue weighted by Gasteiger charge is 2.23. The van der Waals surface area contributed by atoms with E-state index >= 15 is 0 Å². The van der Waals surface area contributed by atoms with Gasteiger partial charge >= 0.3 is 0 Å². The van der Waals surface area contributed by atoms with Gasteiger partial charge in [-0.2, -0.15) is 0 Å². The van der Waals surface area contributed by atoms with Gasteiger partial charge in [-0.15, -0.1) is 24.0 Å². The number of halogens is 1. The van der Waals surface area contributed by atoms with Gasteiger partial charge in [-0.05, 0) is 32.1 Å². The minimum absolute atomic E-state index is 0. The van der Waals surface area contributed by atoms with Gasteiger partial charge in [0.15, 0.2) is 5.96 Å². The summed E-state index contributed by atoms with van der Waals surface area (Å²) in [7, 11) is 0. The zero-order valence-corrected chi connectivity index (χ0v) is 20.3. The van der Waals surface area contributed by atoms with Gasteiger partial charge in [-0.1, -0.05) is 13.8 Å². The maximum absolute atomic E-state index is 5.93. The van der Waals surface area contributed by atoms with Gasteiger partial charge < -0.3 is 24.8 Å². The molecule has 28 heavy (non-hydrogen) atoms. The summed E-state index contributed by atoms with van der Waals surface area (Å²) in [6.07, 6.45) is 3.41. The van der Waals surface area contributed by atoms with Crippen molar-refractivity contribution in [2.24, 2.45) is 10.9 Å². The van der Waals surface area contributed by atoms with E-state index in [9.17, 15) is 0 Å². The number of aliphatic imine (C=N–C) groups is 1. The highest BCUT2D eigenvalue weighted by atomic mass is 127. The van der Waals surface area contributed by atoms with Gasteiger partial charge in [0.1, 0.15) is 0 Å². The maximum atomic E-state index is 5.93. The van der Waals surface area contributed by atoms with Gasteiger partial charge in [0.2, 0.25) is 0 Å². The Balaban J connectivity index is 0.00000392. The van der Waals surface area contributed by atoms with Crippen LogP contribution in [0.15, 0.2) is 4.99 Å². The molecule has 8 heteroatoms. The van der Waals surface area contributed by atoms with Crippen LogP contribution >= 0.6 is 24.0 Å². The first-order chi connectivity index (χ1) is 13.2. The number of ether oxygens (including phenoxy) is 3. The molecule has 1 unspecified atom stereocenters. The fourth-order valence-electron chi connectivity index (χ4n) is 3.56. The van der Waals surface area contributed by atoms with E-state index in [2.05, 4.69) is 36.3 Å². The van der Waals surface area contributed by atoms with Crippen LogP contribution in [0.4, 0.5) is 0 Å². The molecule has 2 aliphatic heterocycles. The summed E-state index contributed by atoms with van der Waals surface area (Å²) in [5.74, 6) is 1.48. The second-order valence-electron chi connectivity index (χ2n) is 7.64. The van der Waals surface area contributed by atoms with Gasteiger partial charge in [0.25, 0.3) is 0 Å². The number of hydrogen-bond donors (Lipinski definition) is 2. The first-order valence-electron chi connectivity index (χ1n) is 10.7. The molecule has 0 aliphatic carbocycles. The third-order valence-electron chi connectivity index (χ3n) is 5.20. The van der Waals surface area contributed by atoms with Gasteiger partial charge in [-0.3, -0.25) is 9.89 Å². The zero-order chi connectivity index (χ0) is 19.3. The number of nitrogens with one attached hydrogen (secondary N) is 2. The SMILES string of the molecule is CCNC(=NCC(C(C)C)N1CCOCC1)NCCCOC1CCOCC1.I. The Kier molecular flexibility index (Phi) is 14.5. The Labute approximate surface area is 188 Å². The Hall–Kier alpha value is -0.160. The van der Waals surface area contributed by atoms with Crippen molar-refractivity contribution in [3.8, 4) is 0 Å². The van der Waals surface area contributed by atoms with Crippen molar-refractivity contribution in [3.05, 3.63) is 0 Å². The number of guanidine groups is 1. The van der Waals surface area contributed by atoms with Crippen LogP contribution < -0.4 is 10.6 Å². The van der Waals surface area contributed by atoms with Crippen LogP contribution in [0.5, 0.6) is 0 Å². The molecule has 0 amide bonds. The van der Waals surface area contributed by atoms with Crippen molar-refractivity contribution < 1.29 is 14.2 Å². The summed E-state index contributed by atoms with van der Waals surface area (Å²) in [6, 6.07) is 0.459. The minimum atomic E-state index is 0. The van der Waals surface area contributed by atoms with Crippen LogP contribution in [0.2, 0.25) is 0 Å². The molecule has 2 N–H and O–H groups in total. The van der Waals surface area contributed by atoms with Crippen molar-refractivity contribution in [3.63, 3.8) is 0 Å². The molecule has 2 saturated heterocycles. The van der Waals surface area contributed by atoms with Crippen molar-refractivity contribution >= 4 is 29.9 Å². The molecule has 0 bridgehead atoms. The van der Waals surface area contributed by atoms with Crippen molar-refractivity contribution in [1.82, 2.24) is 15.5 Å². The Morgan fingerprint density at radius 2 is 1.79 bits per heavy atom. The van der Waals surface area contributed by atoms with Crippen LogP contribution in [0.1, 0.15) is 40.0 Å². The van der Waals surface area contributed by atoms with E-state index in [0.29, 0.717) is 18.1 Å². The van der Waals surface area contributed by atoms with Gasteiger partial charge in [-0.25, -0.2) is 0 Å². The second-order valence-corrected chi connectivity index (χ2v) is 7.64. The average molecular weight is 512 g/mol. The Morgan fingerprint density at radius 1 is 1.11 bits per heavy atom. The smallest absolute Gasteiger partial charge is 0.191 e. The Bertz CT molecular complexity index is 414. The molecule has 0 aromatic rings. The molecule has 0 spiro atoms. The topological polar surface area (TPSA) is 67.4 Å². The van der Waals surface area contributed by atoms with Gasteiger partial charge in [0.05, 0.1) is 25.9 Å². The summed E-state index contributed by atoms with van der Waals surface area (Å²) in [6.45, 7) is 15.4. The average Bonchev–Trinajstić information content (AvgIpc) is 2.69. The highest BCUT2D eigenvalue weighted by molar-refractivity contribution is 14.0. The van der Waals surface area contributed by atoms with Gasteiger partial charge in [0, 0.05) is 52.0 Å². The predicted molar refractivity (Wildman–Crippen MR) is 125 cm³/mol. The molecule has 166 valence electrons. The quantitative estimate of drug-likeness (QED) is 0.202. The molecule has 0 aromatic heterocycles. The van der Waals surface area contributed by atoms with E-state index in [1.165, 1.54) is 0 Å². The van der Waals surface area contributed by atoms with Crippen LogP contribution in [-0.2, 0) is 14.2 Å². The van der Waals surface area contributed by atoms with Crippen LogP contribution in [0.3, 0.4) is 0 Å². The number of hydrogen-bond acceptors (Lipinski definition) is 5. The molecule has 2 rings (SSSR count). The molecule has 2 fully saturated rings. The summed E-state index contributed by atoms with van der Waals surface area (Å²) in [5, 5.41) is 6.81. The van der Waals surface area contributed by atoms with Crippen molar-refractivity contribution in [2.45, 2.75) is 52.2 Å². The lowest BCUT2D eigenvalue weighted by atomic mass is 10.0. The maximum Gasteiger partial charge on any atom is 0.191 e. The summed E-state index contributed by atoms with van der Waals surface area (Å²) >= 11 is 0. The van der Waals surface area contributed by atoms with Crippen molar-refractivity contribution in [1.29, 1.82) is 0 Å². The normalized spacial score (nSPS) is 20.6. The summed E-state index contributed by atoms with van der Waals surface area (Å²) in [4.78, 5) is 7.37. The van der Waals surface area contributed by atoms with E-state index in [1.54, 1.807) is 0 Å². The Morgan fingerprint density at radius 3 is 2.43 bits per heavy atom. The molecule has 1 atom stereocenters. The molecule has 0 saturated carbocycles. The molecular formula is C20H41IN4O3. The van der Waals surface area contributed by atoms with Crippen molar-refractivity contribution in [2.75, 3.05) is 65.8 Å². The standard InChI is InChI=1S/C20H40N4O3.HI/c1-4-21-20(22-8-5-11-27-18-6-12-25-13-7-18)23-16-19(17(2)3)24-9-14-26-15-10-24;/h17-19H,4-16H2,1-3H3,(H2,21,22,23);1H. The van der Waals surface area contributed by atoms with E-state index in [0.717, 1.165) is 91.0 Å². The fourth-order valence-corrected chi connectivity index (χ4v) is 3.56. The zero-order valence-electron chi connectivity index (χ0n) is 18.0. The fraction of sp³-hybridized carbons (Fsp3) is 0.950. The van der Waals surface area contributed by atoms with E-state index < -0.39 is 0 Å². The lowest BCUT2D eigenvalue weighted by molar-refractivity contribution is -0.0320. The monoisotopic (exact) mass is 512 g/mol. The lowest BCUT2D eigenvalue weighted by Crippen LogP contribution is -2.48. The molecule has 0 radical (unpaired) electrons. The van der Waals surface area contributed by atoms with Crippen LogP contribution in [-0.4, -0.2) is 88.8 Å². The van der Waals surface area contributed by atoms with Crippen LogP contribution in [0.25, 0.3) is 0 Å². The first-order valence-corrected chi connectivity index (χ1v) is 10.7. The number of nitrogens with zero attached hydrogens (tertiary/aromatic N) is 2. The first kappa shape index (κ1) is 25.9. The molecule has 2 heterocycles. The molecule has 7 nitrogen and oxygen atoms in total. The van der Waals surface area contributed by atoms with Crippen LogP contribution in [0, 0.1) is 5.92 Å². The van der Waals surface area contributed by atoms with E-state index in [1.807, 2.05) is 0 Å². The minimum Gasteiger partial charge on any atom is -0.381 e. The number of rotatable bonds is 10. The molecular weight excluding hydrogens is 471 g/mol. The second kappa shape index (κ2) is 15.6. The summed E-state index contributed by atoms with van der Waals surface area (Å²) < 4.78 is 16.8.